The number of carbonyl (C=O) groups is 2. The molecule has 0 radical (unpaired) electrons. The van der Waals surface area contributed by atoms with Crippen molar-refractivity contribution in [3.63, 3.8) is 0 Å². The Morgan fingerprint density at radius 2 is 1.80 bits per heavy atom. The molecule has 1 saturated heterocycles. The molecule has 1 aliphatic heterocycles. The van der Waals surface area contributed by atoms with Crippen molar-refractivity contribution in [3.05, 3.63) is 60.3 Å². The highest BCUT2D eigenvalue weighted by Gasteiger charge is 2.50. The topological polar surface area (TPSA) is 113 Å². The molecule has 1 saturated carbocycles. The molecule has 3 unspecified atom stereocenters. The number of likely N-dealkylation sites (N-methyl/N-ethyl adjacent to an activating group) is 1. The van der Waals surface area contributed by atoms with Crippen LogP contribution in [0.4, 0.5) is 23.7 Å². The lowest BCUT2D eigenvalue weighted by Gasteiger charge is -2.45. The highest BCUT2D eigenvalue weighted by atomic mass is 19.4. The van der Waals surface area contributed by atoms with Crippen molar-refractivity contribution in [3.8, 4) is 11.5 Å². The van der Waals surface area contributed by atoms with Crippen LogP contribution in [0, 0.1) is 0 Å². The molecular weight excluding hydrogens is 541 g/mol. The summed E-state index contributed by atoms with van der Waals surface area (Å²) in [5, 5.41) is 14.4. The Labute approximate surface area is 235 Å². The lowest BCUT2D eigenvalue weighted by Crippen LogP contribution is -2.52. The molecule has 3 aromatic rings. The van der Waals surface area contributed by atoms with E-state index in [-0.39, 0.29) is 17.5 Å². The number of anilines is 1. The first-order valence-corrected chi connectivity index (χ1v) is 13.1. The predicted molar refractivity (Wildman–Crippen MR) is 147 cm³/mol. The smallest absolute Gasteiger partial charge is 0.490 e. The van der Waals surface area contributed by atoms with Crippen LogP contribution in [-0.4, -0.2) is 73.1 Å². The van der Waals surface area contributed by atoms with Gasteiger partial charge in [0.1, 0.15) is 0 Å². The van der Waals surface area contributed by atoms with E-state index in [2.05, 4.69) is 39.7 Å². The Kier molecular flexibility index (Phi) is 8.91. The van der Waals surface area contributed by atoms with Crippen LogP contribution in [0.3, 0.4) is 0 Å². The molecule has 2 amide bonds. The lowest BCUT2D eigenvalue weighted by molar-refractivity contribution is -0.192. The maximum atomic E-state index is 12.8. The number of hydrogen-bond acceptors (Lipinski definition) is 6. The monoisotopic (exact) mass is 574 g/mol. The summed E-state index contributed by atoms with van der Waals surface area (Å²) in [5.74, 6) is -1.23. The number of alkyl halides is 3. The van der Waals surface area contributed by atoms with E-state index in [4.69, 9.17) is 19.4 Å². The third-order valence-electron chi connectivity index (χ3n) is 7.92. The summed E-state index contributed by atoms with van der Waals surface area (Å²) in [6.07, 6.45) is 0.665. The zero-order valence-electron chi connectivity index (χ0n) is 23.0. The number of carbonyl (C=O) groups excluding carboxylic acids is 1. The zero-order valence-corrected chi connectivity index (χ0v) is 23.0. The van der Waals surface area contributed by atoms with Gasteiger partial charge in [0.25, 0.3) is 0 Å². The van der Waals surface area contributed by atoms with E-state index in [9.17, 15) is 18.0 Å². The van der Waals surface area contributed by atoms with E-state index in [1.165, 1.54) is 5.56 Å². The van der Waals surface area contributed by atoms with Gasteiger partial charge in [0.2, 0.25) is 0 Å². The second-order valence-electron chi connectivity index (χ2n) is 10.3. The second-order valence-corrected chi connectivity index (χ2v) is 10.3. The van der Waals surface area contributed by atoms with Gasteiger partial charge >= 0.3 is 18.2 Å². The number of nitrogens with one attached hydrogen (secondary N) is 2. The number of hydrogen-bond donors (Lipinski definition) is 3. The van der Waals surface area contributed by atoms with Gasteiger partial charge in [-0.05, 0) is 81.2 Å². The molecule has 41 heavy (non-hydrogen) atoms. The molecule has 220 valence electrons. The Hall–Kier alpha value is -4.06. The Morgan fingerprint density at radius 3 is 2.49 bits per heavy atom. The Bertz CT molecular complexity index is 1400. The SMILES string of the molecule is COc1ccc(C23CCC(NC(=O)Nc4ccc5ncccc5c4)CC2N(C)CC3)cc1OC.O=C(O)C(F)(F)F. The number of amides is 2. The zero-order chi connectivity index (χ0) is 29.8. The maximum Gasteiger partial charge on any atom is 0.490 e. The highest BCUT2D eigenvalue weighted by Crippen LogP contribution is 2.49. The number of benzene rings is 2. The molecule has 12 heteroatoms. The quantitative estimate of drug-likeness (QED) is 0.384. The molecule has 1 aliphatic carbocycles. The van der Waals surface area contributed by atoms with Crippen LogP contribution in [0.25, 0.3) is 10.9 Å². The van der Waals surface area contributed by atoms with Crippen molar-refractivity contribution in [2.24, 2.45) is 0 Å². The summed E-state index contributed by atoms with van der Waals surface area (Å²) in [5.41, 5.74) is 3.05. The number of likely N-dealkylation sites (tertiary alicyclic amines) is 1. The summed E-state index contributed by atoms with van der Waals surface area (Å²) in [7, 11) is 5.54. The largest absolute Gasteiger partial charge is 0.493 e. The van der Waals surface area contributed by atoms with Crippen molar-refractivity contribution in [1.29, 1.82) is 0 Å². The minimum atomic E-state index is -5.08. The van der Waals surface area contributed by atoms with E-state index in [1.807, 2.05) is 36.4 Å². The number of nitrogens with zero attached hydrogens (tertiary/aromatic N) is 2. The summed E-state index contributed by atoms with van der Waals surface area (Å²) >= 11 is 0. The van der Waals surface area contributed by atoms with Crippen molar-refractivity contribution in [2.45, 2.75) is 49.4 Å². The fourth-order valence-corrected chi connectivity index (χ4v) is 5.90. The van der Waals surface area contributed by atoms with Crippen molar-refractivity contribution < 1.29 is 37.3 Å². The first kappa shape index (κ1) is 29.9. The number of urea groups is 1. The van der Waals surface area contributed by atoms with Crippen LogP contribution in [0.1, 0.15) is 31.2 Å². The van der Waals surface area contributed by atoms with Crippen LogP contribution in [-0.2, 0) is 10.2 Å². The number of fused-ring (bicyclic) bond motifs is 2. The normalized spacial score (nSPS) is 22.2. The van der Waals surface area contributed by atoms with Gasteiger partial charge in [-0.15, -0.1) is 0 Å². The molecule has 9 nitrogen and oxygen atoms in total. The van der Waals surface area contributed by atoms with Crippen LogP contribution >= 0.6 is 0 Å². The number of ether oxygens (including phenoxy) is 2. The van der Waals surface area contributed by atoms with Crippen molar-refractivity contribution in [2.75, 3.05) is 33.1 Å². The number of halogens is 3. The molecule has 5 rings (SSSR count). The molecule has 1 aromatic heterocycles. The summed E-state index contributed by atoms with van der Waals surface area (Å²) in [6, 6.07) is 16.3. The Morgan fingerprint density at radius 1 is 1.07 bits per heavy atom. The molecule has 3 N–H and O–H groups in total. The van der Waals surface area contributed by atoms with Gasteiger partial charge in [-0.2, -0.15) is 13.2 Å². The first-order valence-electron chi connectivity index (χ1n) is 13.1. The van der Waals surface area contributed by atoms with Crippen LogP contribution in [0.15, 0.2) is 54.7 Å². The number of carboxylic acids is 1. The molecule has 0 bridgehead atoms. The van der Waals surface area contributed by atoms with Crippen LogP contribution < -0.4 is 20.1 Å². The molecule has 2 aliphatic rings. The van der Waals surface area contributed by atoms with Crippen LogP contribution in [0.2, 0.25) is 0 Å². The van der Waals surface area contributed by atoms with Gasteiger partial charge < -0.3 is 30.1 Å². The maximum absolute atomic E-state index is 12.8. The van der Waals surface area contributed by atoms with E-state index in [0.717, 1.165) is 60.3 Å². The van der Waals surface area contributed by atoms with Crippen LogP contribution in [0.5, 0.6) is 11.5 Å². The molecular formula is C29H33F3N4O5. The minimum Gasteiger partial charge on any atom is -0.493 e. The van der Waals surface area contributed by atoms with Crippen molar-refractivity contribution >= 4 is 28.6 Å². The summed E-state index contributed by atoms with van der Waals surface area (Å²) in [4.78, 5) is 28.5. The molecule has 2 aromatic carbocycles. The summed E-state index contributed by atoms with van der Waals surface area (Å²) < 4.78 is 42.8. The Balaban J connectivity index is 0.000000493. The van der Waals surface area contributed by atoms with E-state index in [1.54, 1.807) is 20.4 Å². The fourth-order valence-electron chi connectivity index (χ4n) is 5.90. The predicted octanol–water partition coefficient (Wildman–Crippen LogP) is 5.20. The van der Waals surface area contributed by atoms with Gasteiger partial charge in [0, 0.05) is 34.8 Å². The average Bonchev–Trinajstić information content (AvgIpc) is 3.29. The summed E-state index contributed by atoms with van der Waals surface area (Å²) in [6.45, 7) is 1.04. The lowest BCUT2D eigenvalue weighted by atomic mass is 9.65. The van der Waals surface area contributed by atoms with E-state index >= 15 is 0 Å². The molecule has 2 heterocycles. The van der Waals surface area contributed by atoms with E-state index in [0.29, 0.717) is 6.04 Å². The first-order chi connectivity index (χ1) is 19.5. The van der Waals surface area contributed by atoms with Gasteiger partial charge in [0.15, 0.2) is 11.5 Å². The number of rotatable bonds is 5. The molecule has 2 fully saturated rings. The number of methoxy groups -OCH3 is 2. The van der Waals surface area contributed by atoms with Gasteiger partial charge in [-0.3, -0.25) is 4.98 Å². The third kappa shape index (κ3) is 6.64. The van der Waals surface area contributed by atoms with Gasteiger partial charge in [0.05, 0.1) is 19.7 Å². The average molecular weight is 575 g/mol. The number of aromatic nitrogens is 1. The van der Waals surface area contributed by atoms with Crippen molar-refractivity contribution in [1.82, 2.24) is 15.2 Å². The minimum absolute atomic E-state index is 0.0638. The molecule has 3 atom stereocenters. The van der Waals surface area contributed by atoms with E-state index < -0.39 is 12.1 Å². The number of carboxylic acid groups (broad SMARTS) is 1. The number of pyridine rings is 1. The third-order valence-corrected chi connectivity index (χ3v) is 7.92. The van der Waals surface area contributed by atoms with Gasteiger partial charge in [-0.25, -0.2) is 9.59 Å². The number of aliphatic carboxylic acids is 1. The standard InChI is InChI=1S/C27H32N4O3.C2HF3O2/c1-31-14-12-27(19-6-9-23(33-2)24(16-19)34-3)11-10-21(17-25(27)31)30-26(32)29-20-7-8-22-18(15-20)5-4-13-28-22;3-2(4,5)1(6)7/h4-9,13,15-16,21,25H,10-12,14,17H2,1-3H3,(H2,29,30,32);(H,6,7). The second kappa shape index (κ2) is 12.2. The highest BCUT2D eigenvalue weighted by molar-refractivity contribution is 5.92. The van der Waals surface area contributed by atoms with Gasteiger partial charge in [-0.1, -0.05) is 12.1 Å². The molecule has 0 spiro atoms. The fraction of sp³-hybridized carbons (Fsp3) is 0.414.